The Balaban J connectivity index is 0.00000225. The molecule has 5 nitrogen and oxygen atoms in total. The average molecular weight is 242 g/mol. The molecule has 1 rings (SSSR count). The van der Waals surface area contributed by atoms with Crippen molar-refractivity contribution in [3.8, 4) is 0 Å². The summed E-state index contributed by atoms with van der Waals surface area (Å²) in [5.74, 6) is -0.439. The largest absolute Gasteiger partial charge is 0.370 e. The lowest BCUT2D eigenvalue weighted by molar-refractivity contribution is 0.581. The predicted molar refractivity (Wildman–Crippen MR) is 67.8 cm³/mol. The van der Waals surface area contributed by atoms with Crippen LogP contribution in [0, 0.1) is 17.7 Å². The summed E-state index contributed by atoms with van der Waals surface area (Å²) in [5, 5.41) is 14.5. The number of nitrogens with zero attached hydrogens (tertiary/aromatic N) is 1. The molecule has 0 amide bonds. The van der Waals surface area contributed by atoms with Crippen molar-refractivity contribution in [1.82, 2.24) is 4.90 Å². The summed E-state index contributed by atoms with van der Waals surface area (Å²) in [7, 11) is 0. The molecule has 88 valence electrons. The number of hydrogen-bond donors (Lipinski definition) is 4. The lowest BCUT2D eigenvalue weighted by Crippen LogP contribution is -2.44. The fraction of sp³-hybridized carbons (Fsp3) is 0.200. The van der Waals surface area contributed by atoms with Crippen molar-refractivity contribution < 1.29 is 0 Å². The van der Waals surface area contributed by atoms with E-state index in [9.17, 15) is 0 Å². The molecule has 1 aromatic carbocycles. The summed E-state index contributed by atoms with van der Waals surface area (Å²) in [6.07, 6.45) is 0. The van der Waals surface area contributed by atoms with Crippen molar-refractivity contribution in [1.29, 1.82) is 10.8 Å². The molecular formula is C10H16ClN5. The van der Waals surface area contributed by atoms with Crippen LogP contribution in [0.4, 0.5) is 0 Å². The van der Waals surface area contributed by atoms with Crippen molar-refractivity contribution in [3.05, 3.63) is 35.4 Å². The smallest absolute Gasteiger partial charge is 0.195 e. The Morgan fingerprint density at radius 2 is 1.56 bits per heavy atom. The second-order valence-corrected chi connectivity index (χ2v) is 3.34. The van der Waals surface area contributed by atoms with E-state index in [1.54, 1.807) is 0 Å². The highest BCUT2D eigenvalue weighted by molar-refractivity contribution is 5.94. The zero-order valence-corrected chi connectivity index (χ0v) is 9.84. The molecule has 0 fully saturated rings. The van der Waals surface area contributed by atoms with Crippen LogP contribution in [0.3, 0.4) is 0 Å². The molecule has 0 unspecified atom stereocenters. The van der Waals surface area contributed by atoms with Gasteiger partial charge in [0, 0.05) is 0 Å². The van der Waals surface area contributed by atoms with Crippen LogP contribution >= 0.6 is 12.4 Å². The van der Waals surface area contributed by atoms with Crippen LogP contribution < -0.4 is 11.5 Å². The third-order valence-corrected chi connectivity index (χ3v) is 2.04. The van der Waals surface area contributed by atoms with Crippen molar-refractivity contribution >= 4 is 24.3 Å². The third-order valence-electron chi connectivity index (χ3n) is 2.04. The summed E-state index contributed by atoms with van der Waals surface area (Å²) < 4.78 is 0. The SMILES string of the molecule is Cc1ccc(CN(C(=N)N)C(=N)N)cc1.Cl. The summed E-state index contributed by atoms with van der Waals surface area (Å²) in [5.41, 5.74) is 12.7. The van der Waals surface area contributed by atoms with Gasteiger partial charge in [0.1, 0.15) is 0 Å². The first-order valence-electron chi connectivity index (χ1n) is 4.52. The lowest BCUT2D eigenvalue weighted by Gasteiger charge is -2.20. The number of guanidine groups is 2. The van der Waals surface area contributed by atoms with E-state index in [0.717, 1.165) is 11.1 Å². The van der Waals surface area contributed by atoms with E-state index in [4.69, 9.17) is 22.3 Å². The predicted octanol–water partition coefficient (Wildman–Crippen LogP) is 1.01. The minimum absolute atomic E-state index is 0. The standard InChI is InChI=1S/C10H15N5.ClH/c1-7-2-4-8(5-3-7)6-15(9(11)12)10(13)14;/h2-5H,6H2,1H3,(H3,11,12)(H3,13,14);1H. The molecule has 0 saturated carbocycles. The van der Waals surface area contributed by atoms with Gasteiger partial charge < -0.3 is 11.5 Å². The maximum atomic E-state index is 7.26. The summed E-state index contributed by atoms with van der Waals surface area (Å²) in [6.45, 7) is 2.35. The Kier molecular flexibility index (Phi) is 5.32. The van der Waals surface area contributed by atoms with Crippen LogP contribution in [-0.4, -0.2) is 16.8 Å². The maximum Gasteiger partial charge on any atom is 0.195 e. The maximum absolute atomic E-state index is 7.26. The van der Waals surface area contributed by atoms with Crippen LogP contribution in [0.15, 0.2) is 24.3 Å². The molecule has 6 heteroatoms. The molecule has 0 aliphatic carbocycles. The first-order chi connectivity index (χ1) is 7.00. The van der Waals surface area contributed by atoms with Gasteiger partial charge in [-0.05, 0) is 12.5 Å². The van der Waals surface area contributed by atoms with E-state index in [2.05, 4.69) is 0 Å². The molecular weight excluding hydrogens is 226 g/mol. The van der Waals surface area contributed by atoms with Gasteiger partial charge in [-0.3, -0.25) is 15.7 Å². The second-order valence-electron chi connectivity index (χ2n) is 3.34. The van der Waals surface area contributed by atoms with Crippen molar-refractivity contribution in [2.45, 2.75) is 13.5 Å². The highest BCUT2D eigenvalue weighted by Gasteiger charge is 2.09. The van der Waals surface area contributed by atoms with Crippen LogP contribution in [0.2, 0.25) is 0 Å². The summed E-state index contributed by atoms with van der Waals surface area (Å²) >= 11 is 0. The number of hydrogen-bond acceptors (Lipinski definition) is 2. The number of nitrogens with one attached hydrogen (secondary N) is 2. The van der Waals surface area contributed by atoms with E-state index in [-0.39, 0.29) is 24.3 Å². The summed E-state index contributed by atoms with van der Waals surface area (Å²) in [6, 6.07) is 7.78. The topological polar surface area (TPSA) is 103 Å². The molecule has 0 spiro atoms. The number of halogens is 1. The number of aryl methyl sites for hydroxylation is 1. The van der Waals surface area contributed by atoms with Gasteiger partial charge in [0.2, 0.25) is 0 Å². The zero-order chi connectivity index (χ0) is 11.4. The molecule has 0 aromatic heterocycles. The Hall–Kier alpha value is -1.75. The second kappa shape index (κ2) is 5.97. The molecule has 0 bridgehead atoms. The van der Waals surface area contributed by atoms with E-state index in [0.29, 0.717) is 6.54 Å². The Bertz CT molecular complexity index is 359. The Labute approximate surface area is 101 Å². The zero-order valence-electron chi connectivity index (χ0n) is 9.03. The fourth-order valence-corrected chi connectivity index (χ4v) is 1.18. The highest BCUT2D eigenvalue weighted by atomic mass is 35.5. The molecule has 0 radical (unpaired) electrons. The molecule has 1 aromatic rings. The Morgan fingerprint density at radius 1 is 1.12 bits per heavy atom. The number of nitrogens with two attached hydrogens (primary N) is 2. The van der Waals surface area contributed by atoms with Crippen LogP contribution in [0.25, 0.3) is 0 Å². The van der Waals surface area contributed by atoms with Gasteiger partial charge in [-0.1, -0.05) is 29.8 Å². The van der Waals surface area contributed by atoms with E-state index < -0.39 is 0 Å². The van der Waals surface area contributed by atoms with Gasteiger partial charge in [-0.25, -0.2) is 0 Å². The monoisotopic (exact) mass is 241 g/mol. The van der Waals surface area contributed by atoms with Crippen molar-refractivity contribution in [2.75, 3.05) is 0 Å². The van der Waals surface area contributed by atoms with Gasteiger partial charge in [-0.15, -0.1) is 12.4 Å². The number of rotatable bonds is 2. The van der Waals surface area contributed by atoms with E-state index in [1.807, 2.05) is 31.2 Å². The minimum Gasteiger partial charge on any atom is -0.370 e. The molecule has 16 heavy (non-hydrogen) atoms. The fourth-order valence-electron chi connectivity index (χ4n) is 1.18. The lowest BCUT2D eigenvalue weighted by atomic mass is 10.1. The van der Waals surface area contributed by atoms with Gasteiger partial charge in [-0.2, -0.15) is 0 Å². The van der Waals surface area contributed by atoms with E-state index in [1.165, 1.54) is 4.90 Å². The van der Waals surface area contributed by atoms with Crippen molar-refractivity contribution in [3.63, 3.8) is 0 Å². The molecule has 0 aliphatic heterocycles. The normalized spacial score (nSPS) is 9.06. The van der Waals surface area contributed by atoms with Crippen LogP contribution in [0.5, 0.6) is 0 Å². The average Bonchev–Trinajstić information content (AvgIpc) is 2.15. The molecule has 0 atom stereocenters. The van der Waals surface area contributed by atoms with E-state index >= 15 is 0 Å². The molecule has 0 heterocycles. The van der Waals surface area contributed by atoms with Gasteiger partial charge in [0.05, 0.1) is 6.54 Å². The Morgan fingerprint density at radius 3 is 1.94 bits per heavy atom. The summed E-state index contributed by atoms with van der Waals surface area (Å²) in [4.78, 5) is 1.23. The molecule has 0 aliphatic rings. The first-order valence-corrected chi connectivity index (χ1v) is 4.52. The first kappa shape index (κ1) is 14.2. The molecule has 6 N–H and O–H groups in total. The van der Waals surface area contributed by atoms with Crippen LogP contribution in [0.1, 0.15) is 11.1 Å². The third kappa shape index (κ3) is 3.78. The van der Waals surface area contributed by atoms with Crippen LogP contribution in [-0.2, 0) is 6.54 Å². The minimum atomic E-state index is -0.219. The quantitative estimate of drug-likeness (QED) is 0.459. The highest BCUT2D eigenvalue weighted by Crippen LogP contribution is 2.06. The van der Waals surface area contributed by atoms with Gasteiger partial charge in [0.15, 0.2) is 11.9 Å². The van der Waals surface area contributed by atoms with Gasteiger partial charge in [0.25, 0.3) is 0 Å². The number of benzene rings is 1. The van der Waals surface area contributed by atoms with Gasteiger partial charge >= 0.3 is 0 Å². The molecule has 0 saturated heterocycles. The van der Waals surface area contributed by atoms with Crippen molar-refractivity contribution in [2.24, 2.45) is 11.5 Å².